The first-order valence-corrected chi connectivity index (χ1v) is 6.26. The van der Waals surface area contributed by atoms with E-state index in [1.165, 1.54) is 18.9 Å². The fourth-order valence-corrected chi connectivity index (χ4v) is 1.89. The molecule has 0 bridgehead atoms. The van der Waals surface area contributed by atoms with Crippen LogP contribution in [0.4, 0.5) is 4.39 Å². The maximum Gasteiger partial charge on any atom is 0.126 e. The molecule has 1 fully saturated rings. The Morgan fingerprint density at radius 3 is 2.76 bits per heavy atom. The van der Waals surface area contributed by atoms with Gasteiger partial charge in [0.1, 0.15) is 11.6 Å². The van der Waals surface area contributed by atoms with E-state index in [1.54, 1.807) is 13.0 Å². The minimum atomic E-state index is -0.216. The molecule has 1 unspecified atom stereocenters. The Morgan fingerprint density at radius 1 is 1.47 bits per heavy atom. The second-order valence-electron chi connectivity index (χ2n) is 5.01. The summed E-state index contributed by atoms with van der Waals surface area (Å²) in [6, 6.07) is 3.04. The first-order chi connectivity index (χ1) is 8.08. The largest absolute Gasteiger partial charge is 0.493 e. The van der Waals surface area contributed by atoms with Crippen LogP contribution in [0.15, 0.2) is 12.1 Å². The molecule has 1 aromatic carbocycles. The van der Waals surface area contributed by atoms with Crippen molar-refractivity contribution in [2.75, 3.05) is 6.61 Å². The highest BCUT2D eigenvalue weighted by Crippen LogP contribution is 2.33. The fourth-order valence-electron chi connectivity index (χ4n) is 1.89. The molecule has 2 nitrogen and oxygen atoms in total. The van der Waals surface area contributed by atoms with Crippen molar-refractivity contribution >= 4 is 0 Å². The lowest BCUT2D eigenvalue weighted by Gasteiger charge is -2.15. The molecule has 0 heterocycles. The summed E-state index contributed by atoms with van der Waals surface area (Å²) in [7, 11) is 0. The number of hydrogen-bond donors (Lipinski definition) is 1. The van der Waals surface area contributed by atoms with Crippen LogP contribution in [0.1, 0.15) is 43.4 Å². The summed E-state index contributed by atoms with van der Waals surface area (Å²) in [5, 5.41) is 0. The van der Waals surface area contributed by atoms with Crippen molar-refractivity contribution in [3.05, 3.63) is 29.1 Å². The predicted molar refractivity (Wildman–Crippen MR) is 66.6 cm³/mol. The first-order valence-electron chi connectivity index (χ1n) is 6.26. The average molecular weight is 237 g/mol. The summed E-state index contributed by atoms with van der Waals surface area (Å²) in [5.41, 5.74) is 7.19. The number of hydrogen-bond acceptors (Lipinski definition) is 2. The molecule has 2 N–H and O–H groups in total. The van der Waals surface area contributed by atoms with E-state index in [4.69, 9.17) is 10.5 Å². The molecule has 0 radical (unpaired) electrons. The zero-order valence-corrected chi connectivity index (χ0v) is 10.5. The highest BCUT2D eigenvalue weighted by Gasteiger charge is 2.21. The van der Waals surface area contributed by atoms with Crippen LogP contribution in [-0.4, -0.2) is 6.61 Å². The minimum absolute atomic E-state index is 0.207. The zero-order valence-electron chi connectivity index (χ0n) is 10.5. The lowest BCUT2D eigenvalue weighted by atomic mass is 10.1. The molecule has 0 amide bonds. The van der Waals surface area contributed by atoms with Gasteiger partial charge in [-0.2, -0.15) is 0 Å². The van der Waals surface area contributed by atoms with Gasteiger partial charge in [0.25, 0.3) is 0 Å². The average Bonchev–Trinajstić information content (AvgIpc) is 3.06. The van der Waals surface area contributed by atoms with Crippen LogP contribution in [0.25, 0.3) is 0 Å². The molecule has 0 saturated heterocycles. The molecule has 1 atom stereocenters. The number of aryl methyl sites for hydroxylation is 1. The molecule has 3 heteroatoms. The highest BCUT2D eigenvalue weighted by atomic mass is 19.1. The first kappa shape index (κ1) is 12.4. The Hall–Kier alpha value is -1.09. The monoisotopic (exact) mass is 237 g/mol. The summed E-state index contributed by atoms with van der Waals surface area (Å²) >= 11 is 0. The van der Waals surface area contributed by atoms with Crippen LogP contribution in [0.2, 0.25) is 0 Å². The maximum absolute atomic E-state index is 13.5. The molecule has 17 heavy (non-hydrogen) atoms. The number of ether oxygens (including phenoxy) is 1. The number of nitrogens with two attached hydrogens (primary N) is 1. The van der Waals surface area contributed by atoms with Crippen LogP contribution in [0.5, 0.6) is 5.75 Å². The summed E-state index contributed by atoms with van der Waals surface area (Å²) in [5.74, 6) is 1.36. The lowest BCUT2D eigenvalue weighted by Crippen LogP contribution is -2.10. The molecule has 1 aliphatic rings. The van der Waals surface area contributed by atoms with E-state index in [2.05, 4.69) is 0 Å². The topological polar surface area (TPSA) is 35.2 Å². The zero-order chi connectivity index (χ0) is 12.4. The van der Waals surface area contributed by atoms with Crippen molar-refractivity contribution in [2.45, 2.75) is 39.2 Å². The molecule has 2 rings (SSSR count). The van der Waals surface area contributed by atoms with Gasteiger partial charge in [0.2, 0.25) is 0 Å². The number of rotatable bonds is 5. The second-order valence-corrected chi connectivity index (χ2v) is 5.01. The van der Waals surface area contributed by atoms with Crippen molar-refractivity contribution in [3.63, 3.8) is 0 Å². The van der Waals surface area contributed by atoms with Gasteiger partial charge in [-0.05, 0) is 43.9 Å². The van der Waals surface area contributed by atoms with Crippen molar-refractivity contribution in [3.8, 4) is 5.75 Å². The molecule has 1 aliphatic carbocycles. The smallest absolute Gasteiger partial charge is 0.126 e. The highest BCUT2D eigenvalue weighted by molar-refractivity contribution is 5.39. The van der Waals surface area contributed by atoms with Gasteiger partial charge in [0, 0.05) is 11.6 Å². The number of halogens is 1. The van der Waals surface area contributed by atoms with Gasteiger partial charge in [-0.25, -0.2) is 4.39 Å². The summed E-state index contributed by atoms with van der Waals surface area (Å²) in [6.07, 6.45) is 3.74. The Balaban J connectivity index is 2.08. The summed E-state index contributed by atoms with van der Waals surface area (Å²) in [4.78, 5) is 0. The van der Waals surface area contributed by atoms with Gasteiger partial charge < -0.3 is 10.5 Å². The van der Waals surface area contributed by atoms with E-state index in [-0.39, 0.29) is 11.9 Å². The molecular formula is C14H20FNO. The molecule has 0 spiro atoms. The maximum atomic E-state index is 13.5. The standard InChI is InChI=1S/C14H20FNO/c1-9-7-14(17-6-5-11-3-4-11)12(10(2)16)8-13(9)15/h7-8,10-11H,3-6,16H2,1-2H3. The Bertz CT molecular complexity index is 399. The van der Waals surface area contributed by atoms with Gasteiger partial charge in [-0.15, -0.1) is 0 Å². The van der Waals surface area contributed by atoms with Gasteiger partial charge in [-0.3, -0.25) is 0 Å². The van der Waals surface area contributed by atoms with Crippen molar-refractivity contribution in [2.24, 2.45) is 11.7 Å². The van der Waals surface area contributed by atoms with Crippen LogP contribution in [-0.2, 0) is 0 Å². The SMILES string of the molecule is Cc1cc(OCCC2CC2)c(C(C)N)cc1F. The Labute approximate surface area is 102 Å². The quantitative estimate of drug-likeness (QED) is 0.852. The molecule has 0 aromatic heterocycles. The van der Waals surface area contributed by atoms with Crippen LogP contribution < -0.4 is 10.5 Å². The van der Waals surface area contributed by atoms with Gasteiger partial charge in [-0.1, -0.05) is 12.8 Å². The van der Waals surface area contributed by atoms with E-state index in [0.29, 0.717) is 12.2 Å². The van der Waals surface area contributed by atoms with Crippen LogP contribution in [0, 0.1) is 18.7 Å². The van der Waals surface area contributed by atoms with E-state index in [9.17, 15) is 4.39 Å². The molecule has 94 valence electrons. The lowest BCUT2D eigenvalue weighted by molar-refractivity contribution is 0.297. The third-order valence-corrected chi connectivity index (χ3v) is 3.26. The van der Waals surface area contributed by atoms with E-state index in [0.717, 1.165) is 23.7 Å². The van der Waals surface area contributed by atoms with E-state index < -0.39 is 0 Å². The van der Waals surface area contributed by atoms with Crippen molar-refractivity contribution in [1.82, 2.24) is 0 Å². The van der Waals surface area contributed by atoms with E-state index in [1.807, 2.05) is 6.92 Å². The summed E-state index contributed by atoms with van der Waals surface area (Å²) < 4.78 is 19.2. The second kappa shape index (κ2) is 5.05. The molecule has 1 saturated carbocycles. The molecule has 0 aliphatic heterocycles. The third kappa shape index (κ3) is 3.19. The van der Waals surface area contributed by atoms with Gasteiger partial charge in [0.05, 0.1) is 6.61 Å². The minimum Gasteiger partial charge on any atom is -0.493 e. The van der Waals surface area contributed by atoms with Crippen molar-refractivity contribution in [1.29, 1.82) is 0 Å². The normalized spacial score (nSPS) is 16.9. The van der Waals surface area contributed by atoms with Gasteiger partial charge >= 0.3 is 0 Å². The fraction of sp³-hybridized carbons (Fsp3) is 0.571. The molecule has 1 aromatic rings. The van der Waals surface area contributed by atoms with E-state index >= 15 is 0 Å². The van der Waals surface area contributed by atoms with Crippen LogP contribution >= 0.6 is 0 Å². The third-order valence-electron chi connectivity index (χ3n) is 3.26. The predicted octanol–water partition coefficient (Wildman–Crippen LogP) is 3.33. The van der Waals surface area contributed by atoms with Gasteiger partial charge in [0.15, 0.2) is 0 Å². The number of benzene rings is 1. The van der Waals surface area contributed by atoms with Crippen LogP contribution in [0.3, 0.4) is 0 Å². The molecular weight excluding hydrogens is 217 g/mol. The van der Waals surface area contributed by atoms with Crippen molar-refractivity contribution < 1.29 is 9.13 Å². The Morgan fingerprint density at radius 2 is 2.18 bits per heavy atom. The summed E-state index contributed by atoms with van der Waals surface area (Å²) in [6.45, 7) is 4.29. The Kier molecular flexibility index (Phi) is 3.67.